The average Bonchev–Trinajstić information content (AvgIpc) is 3.03. The van der Waals surface area contributed by atoms with Crippen LogP contribution in [0, 0.1) is 5.41 Å². The number of ether oxygens (including phenoxy) is 1. The number of hydrogen-bond acceptors (Lipinski definition) is 2. The van der Waals surface area contributed by atoms with E-state index in [1.807, 2.05) is 0 Å². The van der Waals surface area contributed by atoms with Crippen LogP contribution in [0.4, 0.5) is 0 Å². The van der Waals surface area contributed by atoms with E-state index in [0.29, 0.717) is 17.6 Å². The van der Waals surface area contributed by atoms with E-state index in [0.717, 1.165) is 26.0 Å². The van der Waals surface area contributed by atoms with Crippen molar-refractivity contribution in [3.05, 3.63) is 35.9 Å². The molecule has 0 aromatic heterocycles. The molecule has 2 aliphatic rings. The maximum absolute atomic E-state index is 6.27. The van der Waals surface area contributed by atoms with Gasteiger partial charge in [0.1, 0.15) is 0 Å². The molecule has 2 unspecified atom stereocenters. The molecular weight excluding hydrogens is 258 g/mol. The first-order valence-corrected chi connectivity index (χ1v) is 8.74. The van der Waals surface area contributed by atoms with Crippen molar-refractivity contribution in [3.8, 4) is 0 Å². The van der Waals surface area contributed by atoms with Gasteiger partial charge < -0.3 is 10.1 Å². The minimum atomic E-state index is 0.475. The van der Waals surface area contributed by atoms with Crippen LogP contribution in [-0.4, -0.2) is 25.3 Å². The summed E-state index contributed by atoms with van der Waals surface area (Å²) in [6, 6.07) is 11.5. The van der Waals surface area contributed by atoms with Gasteiger partial charge in [0, 0.05) is 18.1 Å². The number of rotatable bonds is 7. The van der Waals surface area contributed by atoms with Crippen molar-refractivity contribution in [1.82, 2.24) is 5.32 Å². The van der Waals surface area contributed by atoms with Gasteiger partial charge in [-0.25, -0.2) is 0 Å². The number of aryl methyl sites for hydroxylation is 1. The third kappa shape index (κ3) is 3.17. The summed E-state index contributed by atoms with van der Waals surface area (Å²) < 4.78 is 6.27. The standard InChI is InChI=1S/C19H29NO/c1-2-20-17-15-18(19(17)12-6-7-13-19)21-14-8-11-16-9-4-3-5-10-16/h3-5,9-10,17-18,20H,2,6-8,11-15H2,1H3. The van der Waals surface area contributed by atoms with Gasteiger partial charge in [-0.15, -0.1) is 0 Å². The SMILES string of the molecule is CCNC1CC(OCCCc2ccccc2)C12CCCC2. The molecule has 0 bridgehead atoms. The Morgan fingerprint density at radius 3 is 2.67 bits per heavy atom. The second-order valence-electron chi connectivity index (χ2n) is 6.73. The van der Waals surface area contributed by atoms with Gasteiger partial charge in [-0.2, -0.15) is 0 Å². The molecule has 3 rings (SSSR count). The Labute approximate surface area is 129 Å². The van der Waals surface area contributed by atoms with Crippen LogP contribution in [0.15, 0.2) is 30.3 Å². The quantitative estimate of drug-likeness (QED) is 0.767. The first-order chi connectivity index (χ1) is 10.3. The highest BCUT2D eigenvalue weighted by Gasteiger charge is 2.56. The van der Waals surface area contributed by atoms with E-state index in [1.54, 1.807) is 0 Å². The molecule has 1 aromatic rings. The molecule has 0 heterocycles. The van der Waals surface area contributed by atoms with Crippen LogP contribution >= 0.6 is 0 Å². The van der Waals surface area contributed by atoms with Gasteiger partial charge in [0.15, 0.2) is 0 Å². The first-order valence-electron chi connectivity index (χ1n) is 8.74. The predicted molar refractivity (Wildman–Crippen MR) is 87.5 cm³/mol. The molecule has 116 valence electrons. The largest absolute Gasteiger partial charge is 0.378 e. The minimum absolute atomic E-state index is 0.475. The van der Waals surface area contributed by atoms with E-state index in [9.17, 15) is 0 Å². The van der Waals surface area contributed by atoms with E-state index in [2.05, 4.69) is 42.6 Å². The van der Waals surface area contributed by atoms with Gasteiger partial charge in [0.05, 0.1) is 6.10 Å². The fourth-order valence-corrected chi connectivity index (χ4v) is 4.36. The summed E-state index contributed by atoms with van der Waals surface area (Å²) in [5.74, 6) is 0. The van der Waals surface area contributed by atoms with Crippen molar-refractivity contribution in [2.45, 2.75) is 64.0 Å². The molecule has 2 saturated carbocycles. The Kier molecular flexibility index (Phi) is 4.97. The Morgan fingerprint density at radius 2 is 1.95 bits per heavy atom. The summed E-state index contributed by atoms with van der Waals surface area (Å²) >= 11 is 0. The first kappa shape index (κ1) is 15.1. The van der Waals surface area contributed by atoms with Crippen LogP contribution in [-0.2, 0) is 11.2 Å². The summed E-state index contributed by atoms with van der Waals surface area (Å²) in [4.78, 5) is 0. The average molecular weight is 287 g/mol. The highest BCUT2D eigenvalue weighted by atomic mass is 16.5. The van der Waals surface area contributed by atoms with E-state index in [-0.39, 0.29) is 0 Å². The fourth-order valence-electron chi connectivity index (χ4n) is 4.36. The van der Waals surface area contributed by atoms with Gasteiger partial charge in [0.25, 0.3) is 0 Å². The highest BCUT2D eigenvalue weighted by Crippen LogP contribution is 2.54. The second kappa shape index (κ2) is 6.93. The molecule has 2 nitrogen and oxygen atoms in total. The third-order valence-corrected chi connectivity index (χ3v) is 5.54. The lowest BCUT2D eigenvalue weighted by atomic mass is 9.60. The molecule has 1 N–H and O–H groups in total. The zero-order chi connectivity index (χ0) is 14.5. The molecule has 1 aromatic carbocycles. The van der Waals surface area contributed by atoms with Crippen molar-refractivity contribution in [2.24, 2.45) is 5.41 Å². The highest BCUT2D eigenvalue weighted by molar-refractivity contribution is 5.14. The summed E-state index contributed by atoms with van der Waals surface area (Å²) in [6.07, 6.45) is 9.54. The predicted octanol–water partition coefficient (Wildman–Crippen LogP) is 3.95. The Morgan fingerprint density at radius 1 is 1.19 bits per heavy atom. The molecule has 1 spiro atoms. The summed E-state index contributed by atoms with van der Waals surface area (Å²) in [5.41, 5.74) is 1.90. The molecule has 2 fully saturated rings. The number of benzene rings is 1. The fraction of sp³-hybridized carbons (Fsp3) is 0.684. The van der Waals surface area contributed by atoms with Crippen molar-refractivity contribution in [2.75, 3.05) is 13.2 Å². The van der Waals surface area contributed by atoms with Gasteiger partial charge in [-0.3, -0.25) is 0 Å². The normalized spacial score (nSPS) is 26.9. The Bertz CT molecular complexity index is 424. The second-order valence-corrected chi connectivity index (χ2v) is 6.73. The third-order valence-electron chi connectivity index (χ3n) is 5.54. The lowest BCUT2D eigenvalue weighted by Gasteiger charge is -2.54. The zero-order valence-corrected chi connectivity index (χ0v) is 13.3. The maximum atomic E-state index is 6.27. The van der Waals surface area contributed by atoms with Crippen LogP contribution in [0.5, 0.6) is 0 Å². The van der Waals surface area contributed by atoms with Gasteiger partial charge in [0.2, 0.25) is 0 Å². The van der Waals surface area contributed by atoms with Crippen LogP contribution in [0.2, 0.25) is 0 Å². The smallest absolute Gasteiger partial charge is 0.0661 e. The number of nitrogens with one attached hydrogen (secondary N) is 1. The summed E-state index contributed by atoms with van der Waals surface area (Å²) in [5, 5.41) is 3.68. The van der Waals surface area contributed by atoms with Crippen molar-refractivity contribution < 1.29 is 4.74 Å². The van der Waals surface area contributed by atoms with E-state index in [1.165, 1.54) is 37.7 Å². The molecule has 2 heteroatoms. The molecule has 2 atom stereocenters. The molecule has 0 amide bonds. The van der Waals surface area contributed by atoms with Crippen molar-refractivity contribution in [3.63, 3.8) is 0 Å². The van der Waals surface area contributed by atoms with Crippen LogP contribution < -0.4 is 5.32 Å². The van der Waals surface area contributed by atoms with E-state index < -0.39 is 0 Å². The topological polar surface area (TPSA) is 21.3 Å². The minimum Gasteiger partial charge on any atom is -0.378 e. The van der Waals surface area contributed by atoms with E-state index >= 15 is 0 Å². The van der Waals surface area contributed by atoms with Gasteiger partial charge in [-0.1, -0.05) is 50.1 Å². The molecule has 0 radical (unpaired) electrons. The molecular formula is C19H29NO. The van der Waals surface area contributed by atoms with Gasteiger partial charge >= 0.3 is 0 Å². The number of hydrogen-bond donors (Lipinski definition) is 1. The lowest BCUT2D eigenvalue weighted by molar-refractivity contribution is -0.133. The van der Waals surface area contributed by atoms with Gasteiger partial charge in [-0.05, 0) is 44.2 Å². The Balaban J connectivity index is 1.43. The lowest BCUT2D eigenvalue weighted by Crippen LogP contribution is -2.62. The summed E-state index contributed by atoms with van der Waals surface area (Å²) in [7, 11) is 0. The van der Waals surface area contributed by atoms with Crippen LogP contribution in [0.1, 0.15) is 51.0 Å². The van der Waals surface area contributed by atoms with Crippen molar-refractivity contribution >= 4 is 0 Å². The van der Waals surface area contributed by atoms with Crippen LogP contribution in [0.3, 0.4) is 0 Å². The molecule has 21 heavy (non-hydrogen) atoms. The Hall–Kier alpha value is -0.860. The monoisotopic (exact) mass is 287 g/mol. The zero-order valence-electron chi connectivity index (χ0n) is 13.3. The maximum Gasteiger partial charge on any atom is 0.0661 e. The summed E-state index contributed by atoms with van der Waals surface area (Å²) in [6.45, 7) is 4.23. The molecule has 0 aliphatic heterocycles. The molecule has 2 aliphatic carbocycles. The van der Waals surface area contributed by atoms with E-state index in [4.69, 9.17) is 4.74 Å². The van der Waals surface area contributed by atoms with Crippen molar-refractivity contribution in [1.29, 1.82) is 0 Å². The van der Waals surface area contributed by atoms with Crippen LogP contribution in [0.25, 0.3) is 0 Å². The molecule has 0 saturated heterocycles.